The number of pyridine rings is 1. The highest BCUT2D eigenvalue weighted by molar-refractivity contribution is 6.29. The molecular weight excluding hydrogens is 376 g/mol. The highest BCUT2D eigenvalue weighted by Crippen LogP contribution is 2.32. The second-order valence-electron chi connectivity index (χ2n) is 6.65. The Kier molecular flexibility index (Phi) is 5.47. The van der Waals surface area contributed by atoms with E-state index in [-0.39, 0.29) is 12.1 Å². The van der Waals surface area contributed by atoms with Crippen LogP contribution in [0, 0.1) is 0 Å². The molecule has 28 heavy (non-hydrogen) atoms. The van der Waals surface area contributed by atoms with Crippen LogP contribution in [0.25, 0.3) is 22.9 Å². The fourth-order valence-corrected chi connectivity index (χ4v) is 3.69. The molecule has 2 atom stereocenters. The molecule has 1 N–H and O–H groups in total. The van der Waals surface area contributed by atoms with Crippen LogP contribution in [-0.2, 0) is 4.74 Å². The number of rotatable bonds is 5. The van der Waals surface area contributed by atoms with E-state index >= 15 is 0 Å². The van der Waals surface area contributed by atoms with Crippen LogP contribution in [0.5, 0.6) is 0 Å². The number of morpholine rings is 1. The van der Waals surface area contributed by atoms with Gasteiger partial charge in [0.25, 0.3) is 0 Å². The predicted octanol–water partition coefficient (Wildman–Crippen LogP) is 3.53. The Labute approximate surface area is 168 Å². The predicted molar refractivity (Wildman–Crippen MR) is 108 cm³/mol. The van der Waals surface area contributed by atoms with Gasteiger partial charge in [-0.3, -0.25) is 4.90 Å². The van der Waals surface area contributed by atoms with Crippen molar-refractivity contribution in [1.82, 2.24) is 29.8 Å². The number of hydrogen-bond donors (Lipinski definition) is 1. The molecule has 7 nitrogen and oxygen atoms in total. The van der Waals surface area contributed by atoms with E-state index in [1.54, 1.807) is 12.4 Å². The van der Waals surface area contributed by atoms with Crippen molar-refractivity contribution >= 4 is 11.6 Å². The summed E-state index contributed by atoms with van der Waals surface area (Å²) >= 11 is 6.35. The van der Waals surface area contributed by atoms with Gasteiger partial charge in [0.05, 0.1) is 24.1 Å². The Morgan fingerprint density at radius 3 is 2.89 bits per heavy atom. The zero-order valence-electron chi connectivity index (χ0n) is 15.5. The molecule has 3 aromatic heterocycles. The maximum atomic E-state index is 6.35. The molecule has 1 aliphatic rings. The van der Waals surface area contributed by atoms with E-state index in [0.717, 1.165) is 18.7 Å². The lowest BCUT2D eigenvalue weighted by molar-refractivity contribution is -0.0627. The molecule has 1 saturated heterocycles. The summed E-state index contributed by atoms with van der Waals surface area (Å²) in [5.74, 6) is 0.676. The van der Waals surface area contributed by atoms with E-state index in [0.29, 0.717) is 34.7 Å². The first kappa shape index (κ1) is 18.7. The summed E-state index contributed by atoms with van der Waals surface area (Å²) in [6.45, 7) is 8.37. The number of hydrogen-bond acceptors (Lipinski definition) is 6. The van der Waals surface area contributed by atoms with Gasteiger partial charge in [0.15, 0.2) is 5.82 Å². The van der Waals surface area contributed by atoms with Crippen LogP contribution >= 0.6 is 11.6 Å². The van der Waals surface area contributed by atoms with Gasteiger partial charge in [-0.25, -0.2) is 19.9 Å². The van der Waals surface area contributed by atoms with Gasteiger partial charge in [-0.15, -0.1) is 6.58 Å². The van der Waals surface area contributed by atoms with Gasteiger partial charge >= 0.3 is 0 Å². The molecule has 1 fully saturated rings. The van der Waals surface area contributed by atoms with Crippen molar-refractivity contribution in [3.8, 4) is 22.9 Å². The number of aromatic nitrogens is 5. The fraction of sp³-hybridized carbons (Fsp3) is 0.300. The quantitative estimate of drug-likeness (QED) is 0.525. The fourth-order valence-electron chi connectivity index (χ4n) is 3.47. The Morgan fingerprint density at radius 1 is 1.25 bits per heavy atom. The van der Waals surface area contributed by atoms with Crippen molar-refractivity contribution in [2.75, 3.05) is 19.7 Å². The van der Waals surface area contributed by atoms with Crippen LogP contribution < -0.4 is 0 Å². The van der Waals surface area contributed by atoms with Gasteiger partial charge in [-0.05, 0) is 30.7 Å². The van der Waals surface area contributed by atoms with Gasteiger partial charge in [0, 0.05) is 31.5 Å². The number of halogens is 1. The average Bonchev–Trinajstić information content (AvgIpc) is 3.24. The normalized spacial score (nSPS) is 20.2. The molecule has 0 saturated carbocycles. The Balaban J connectivity index is 1.68. The summed E-state index contributed by atoms with van der Waals surface area (Å²) in [4.78, 5) is 22.7. The number of H-pyrrole nitrogens is 1. The Morgan fingerprint density at radius 2 is 2.11 bits per heavy atom. The molecule has 8 heteroatoms. The van der Waals surface area contributed by atoms with Crippen molar-refractivity contribution in [2.45, 2.75) is 19.1 Å². The van der Waals surface area contributed by atoms with E-state index < -0.39 is 0 Å². The third kappa shape index (κ3) is 3.82. The van der Waals surface area contributed by atoms with Gasteiger partial charge in [0.1, 0.15) is 17.2 Å². The molecule has 3 aromatic rings. The average molecular weight is 397 g/mol. The molecular formula is C20H21ClN6O. The minimum Gasteiger partial charge on any atom is -0.371 e. The maximum Gasteiger partial charge on any atom is 0.156 e. The Bertz CT molecular complexity index is 961. The first-order chi connectivity index (χ1) is 13.7. The van der Waals surface area contributed by atoms with E-state index in [9.17, 15) is 0 Å². The van der Waals surface area contributed by atoms with Crippen LogP contribution in [0.3, 0.4) is 0 Å². The smallest absolute Gasteiger partial charge is 0.156 e. The zero-order chi connectivity index (χ0) is 19.5. The number of ether oxygens (including phenoxy) is 1. The lowest BCUT2D eigenvalue weighted by Gasteiger charge is -2.39. The molecule has 4 rings (SSSR count). The van der Waals surface area contributed by atoms with Crippen LogP contribution in [0.1, 0.15) is 18.6 Å². The highest BCUT2D eigenvalue weighted by Gasteiger charge is 2.30. The molecule has 0 bridgehead atoms. The van der Waals surface area contributed by atoms with Gasteiger partial charge in [-0.2, -0.15) is 0 Å². The molecule has 144 valence electrons. The number of nitrogens with zero attached hydrogens (tertiary/aromatic N) is 5. The van der Waals surface area contributed by atoms with E-state index in [2.05, 4.69) is 43.3 Å². The number of nitrogens with one attached hydrogen (secondary N) is 1. The van der Waals surface area contributed by atoms with Crippen molar-refractivity contribution in [3.05, 3.63) is 60.3 Å². The lowest BCUT2D eigenvalue weighted by atomic mass is 10.00. The maximum absolute atomic E-state index is 6.35. The summed E-state index contributed by atoms with van der Waals surface area (Å²) in [5.41, 5.74) is 3.03. The number of imidazole rings is 1. The monoisotopic (exact) mass is 396 g/mol. The minimum atomic E-state index is -0.0978. The first-order valence-corrected chi connectivity index (χ1v) is 9.49. The van der Waals surface area contributed by atoms with Gasteiger partial charge < -0.3 is 9.72 Å². The second-order valence-corrected chi connectivity index (χ2v) is 7.04. The molecule has 0 aromatic carbocycles. The minimum absolute atomic E-state index is 0.0978. The molecule has 0 unspecified atom stereocenters. The molecule has 0 aliphatic carbocycles. The van der Waals surface area contributed by atoms with Gasteiger partial charge in [-0.1, -0.05) is 17.7 Å². The van der Waals surface area contributed by atoms with Crippen LogP contribution in [-0.4, -0.2) is 55.6 Å². The second kappa shape index (κ2) is 8.18. The standard InChI is InChI=1S/C20H21ClN6O/c1-3-6-27-7-8-28-19(13(27)2)14-9-16(26-18(21)10-14)15-11-17(25-12-24-15)20-22-4-5-23-20/h3-5,9-13,19H,1,6-8H2,2H3,(H,22,23)/t13-,19+/m0/s1. The van der Waals surface area contributed by atoms with E-state index in [1.165, 1.54) is 6.33 Å². The van der Waals surface area contributed by atoms with Crippen LogP contribution in [0.2, 0.25) is 5.15 Å². The van der Waals surface area contributed by atoms with Crippen molar-refractivity contribution in [2.24, 2.45) is 0 Å². The summed E-state index contributed by atoms with van der Waals surface area (Å²) in [5, 5.41) is 0.405. The third-order valence-electron chi connectivity index (χ3n) is 4.87. The summed E-state index contributed by atoms with van der Waals surface area (Å²) in [7, 11) is 0. The lowest BCUT2D eigenvalue weighted by Crippen LogP contribution is -2.45. The summed E-state index contributed by atoms with van der Waals surface area (Å²) < 4.78 is 6.07. The van der Waals surface area contributed by atoms with Gasteiger partial charge in [0.2, 0.25) is 0 Å². The molecule has 0 radical (unpaired) electrons. The van der Waals surface area contributed by atoms with Crippen LogP contribution in [0.4, 0.5) is 0 Å². The topological polar surface area (TPSA) is 79.8 Å². The summed E-state index contributed by atoms with van der Waals surface area (Å²) in [6.07, 6.45) is 6.76. The van der Waals surface area contributed by atoms with Crippen molar-refractivity contribution in [3.63, 3.8) is 0 Å². The van der Waals surface area contributed by atoms with E-state index in [4.69, 9.17) is 16.3 Å². The first-order valence-electron chi connectivity index (χ1n) is 9.12. The highest BCUT2D eigenvalue weighted by atomic mass is 35.5. The van der Waals surface area contributed by atoms with Crippen LogP contribution in [0.15, 0.2) is 49.6 Å². The Hall–Kier alpha value is -2.61. The summed E-state index contributed by atoms with van der Waals surface area (Å²) in [6, 6.07) is 5.88. The number of aromatic amines is 1. The SMILES string of the molecule is C=CCN1CCO[C@@H](c2cc(Cl)nc(-c3cc(-c4ncc[nH]4)ncn3)c2)[C@@H]1C. The van der Waals surface area contributed by atoms with E-state index in [1.807, 2.05) is 24.3 Å². The zero-order valence-corrected chi connectivity index (χ0v) is 16.3. The molecule has 4 heterocycles. The molecule has 1 aliphatic heterocycles. The third-order valence-corrected chi connectivity index (χ3v) is 5.06. The largest absolute Gasteiger partial charge is 0.371 e. The van der Waals surface area contributed by atoms with Crippen molar-refractivity contribution < 1.29 is 4.74 Å². The molecule has 0 amide bonds. The molecule has 0 spiro atoms. The van der Waals surface area contributed by atoms with Crippen molar-refractivity contribution in [1.29, 1.82) is 0 Å².